The van der Waals surface area contributed by atoms with Crippen LogP contribution in [0.4, 0.5) is 0 Å². The molecule has 32 heavy (non-hydrogen) atoms. The Balaban J connectivity index is 1.20. The second-order valence-corrected chi connectivity index (χ2v) is 11.2. The van der Waals surface area contributed by atoms with E-state index in [9.17, 15) is 0 Å². The van der Waals surface area contributed by atoms with Crippen LogP contribution in [0, 0.1) is 0 Å². The highest BCUT2D eigenvalue weighted by molar-refractivity contribution is 6.85. The van der Waals surface area contributed by atoms with Crippen LogP contribution in [-0.4, -0.2) is 13.4 Å². The first-order chi connectivity index (χ1) is 15.9. The maximum atomic E-state index is 2.52. The zero-order chi connectivity index (χ0) is 21.6. The van der Waals surface area contributed by atoms with Crippen molar-refractivity contribution in [3.8, 4) is 0 Å². The molecule has 0 atom stereocenters. The van der Waals surface area contributed by atoms with Gasteiger partial charge in [0.25, 0.3) is 0 Å². The molecule has 0 aliphatic rings. The van der Waals surface area contributed by atoms with Gasteiger partial charge in [0.05, 0.1) is 0 Å². The lowest BCUT2D eigenvalue weighted by atomic mass is 10.2. The lowest BCUT2D eigenvalue weighted by Gasteiger charge is -2.16. The first kappa shape index (κ1) is 20.8. The Labute approximate surface area is 192 Å². The quantitative estimate of drug-likeness (QED) is 0.181. The molecule has 1 aromatic heterocycles. The van der Waals surface area contributed by atoms with Crippen LogP contribution in [0.3, 0.4) is 0 Å². The molecular formula is C30H30NSi. The summed E-state index contributed by atoms with van der Waals surface area (Å²) in [6.45, 7) is 1.10. The number of para-hydroxylation sites is 2. The molecule has 0 saturated carbocycles. The summed E-state index contributed by atoms with van der Waals surface area (Å²) in [5.74, 6) is 0. The van der Waals surface area contributed by atoms with Gasteiger partial charge in [-0.25, -0.2) is 0 Å². The van der Waals surface area contributed by atoms with E-state index in [1.54, 1.807) is 0 Å². The fraction of sp³-hybridized carbons (Fsp3) is 0.200. The van der Waals surface area contributed by atoms with Crippen LogP contribution in [0.5, 0.6) is 0 Å². The van der Waals surface area contributed by atoms with Crippen molar-refractivity contribution in [3.63, 3.8) is 0 Å². The molecule has 5 aromatic rings. The van der Waals surface area contributed by atoms with Gasteiger partial charge < -0.3 is 4.57 Å². The summed E-state index contributed by atoms with van der Waals surface area (Å²) >= 11 is 0. The summed E-state index contributed by atoms with van der Waals surface area (Å²) in [7, 11) is -0.692. The number of hydrogen-bond acceptors (Lipinski definition) is 0. The van der Waals surface area contributed by atoms with Crippen LogP contribution in [-0.2, 0) is 6.54 Å². The summed E-state index contributed by atoms with van der Waals surface area (Å²) in [5, 5.41) is 5.82. The molecule has 2 heteroatoms. The molecule has 1 heterocycles. The topological polar surface area (TPSA) is 4.93 Å². The number of aromatic nitrogens is 1. The second-order valence-electron chi connectivity index (χ2n) is 8.56. The Morgan fingerprint density at radius 2 is 0.938 bits per heavy atom. The Morgan fingerprint density at radius 3 is 1.50 bits per heavy atom. The average molecular weight is 433 g/mol. The third-order valence-electron chi connectivity index (χ3n) is 6.48. The van der Waals surface area contributed by atoms with Crippen molar-refractivity contribution in [2.24, 2.45) is 0 Å². The predicted octanol–water partition coefficient (Wildman–Crippen LogP) is 6.66. The van der Waals surface area contributed by atoms with Gasteiger partial charge in [0.1, 0.15) is 8.80 Å². The average Bonchev–Trinajstić information content (AvgIpc) is 3.18. The summed E-state index contributed by atoms with van der Waals surface area (Å²) in [4.78, 5) is 0. The van der Waals surface area contributed by atoms with Crippen molar-refractivity contribution >= 4 is 41.0 Å². The highest BCUT2D eigenvalue weighted by Gasteiger charge is 2.16. The van der Waals surface area contributed by atoms with Crippen molar-refractivity contribution in [3.05, 3.63) is 109 Å². The molecule has 0 aliphatic heterocycles. The standard InChI is InChI=1S/C30H30NSi/c1(2-14-24-32(25-15-5-3-6-16-25)26-17-7-4-8-18-26)13-23-31-29-21-11-9-19-27(29)28-20-10-12-22-30(28)31/h3-12,15-22H,1-2,13-14,23-24H2. The summed E-state index contributed by atoms with van der Waals surface area (Å²) < 4.78 is 2.52. The Hall–Kier alpha value is -3.10. The van der Waals surface area contributed by atoms with Crippen molar-refractivity contribution < 1.29 is 0 Å². The number of benzene rings is 4. The van der Waals surface area contributed by atoms with Gasteiger partial charge in [-0.2, -0.15) is 0 Å². The monoisotopic (exact) mass is 432 g/mol. The SMILES string of the molecule is c1ccc([Si](CCCCCCn2c3ccccc3c3ccccc32)c2ccccc2)cc1. The third kappa shape index (κ3) is 4.42. The van der Waals surface area contributed by atoms with Crippen LogP contribution < -0.4 is 10.4 Å². The highest BCUT2D eigenvalue weighted by Crippen LogP contribution is 2.29. The van der Waals surface area contributed by atoms with Crippen LogP contribution >= 0.6 is 0 Å². The molecule has 0 saturated heterocycles. The van der Waals surface area contributed by atoms with E-state index >= 15 is 0 Å². The van der Waals surface area contributed by atoms with Crippen LogP contribution in [0.1, 0.15) is 25.7 Å². The van der Waals surface area contributed by atoms with Gasteiger partial charge in [-0.1, -0.05) is 133 Å². The molecule has 0 unspecified atom stereocenters. The fourth-order valence-electron chi connectivity index (χ4n) is 4.90. The predicted molar refractivity (Wildman–Crippen MR) is 141 cm³/mol. The molecule has 159 valence electrons. The van der Waals surface area contributed by atoms with Gasteiger partial charge in [-0.3, -0.25) is 0 Å². The molecule has 0 spiro atoms. The molecule has 0 amide bonds. The van der Waals surface area contributed by atoms with Gasteiger partial charge >= 0.3 is 0 Å². The first-order valence-electron chi connectivity index (χ1n) is 11.8. The number of aryl methyl sites for hydroxylation is 1. The van der Waals surface area contributed by atoms with E-state index in [0.717, 1.165) is 6.54 Å². The van der Waals surface area contributed by atoms with E-state index in [1.807, 2.05) is 0 Å². The highest BCUT2D eigenvalue weighted by atomic mass is 28.3. The largest absolute Gasteiger partial charge is 0.340 e. The maximum absolute atomic E-state index is 2.52. The smallest absolute Gasteiger partial charge is 0.121 e. The molecular weight excluding hydrogens is 402 g/mol. The molecule has 0 aliphatic carbocycles. The van der Waals surface area contributed by atoms with E-state index in [2.05, 4.69) is 114 Å². The van der Waals surface area contributed by atoms with Gasteiger partial charge in [-0.15, -0.1) is 0 Å². The Bertz CT molecular complexity index is 1180. The fourth-order valence-corrected chi connectivity index (χ4v) is 7.61. The lowest BCUT2D eigenvalue weighted by Crippen LogP contribution is -2.41. The van der Waals surface area contributed by atoms with Crippen molar-refractivity contribution in [1.82, 2.24) is 4.57 Å². The number of hydrogen-bond donors (Lipinski definition) is 0. The third-order valence-corrected chi connectivity index (χ3v) is 9.40. The number of rotatable bonds is 9. The minimum atomic E-state index is -0.692. The summed E-state index contributed by atoms with van der Waals surface area (Å²) in [5.41, 5.74) is 2.74. The minimum absolute atomic E-state index is 0.692. The van der Waals surface area contributed by atoms with Gasteiger partial charge in [-0.05, 0) is 18.6 Å². The van der Waals surface area contributed by atoms with E-state index in [4.69, 9.17) is 0 Å². The van der Waals surface area contributed by atoms with E-state index in [1.165, 1.54) is 63.9 Å². The van der Waals surface area contributed by atoms with Gasteiger partial charge in [0, 0.05) is 28.4 Å². The zero-order valence-electron chi connectivity index (χ0n) is 18.6. The van der Waals surface area contributed by atoms with E-state index in [0.29, 0.717) is 0 Å². The van der Waals surface area contributed by atoms with Crippen LogP contribution in [0.25, 0.3) is 21.8 Å². The molecule has 0 N–H and O–H groups in total. The first-order valence-corrected chi connectivity index (χ1v) is 13.6. The number of fused-ring (bicyclic) bond motifs is 3. The van der Waals surface area contributed by atoms with Crippen LogP contribution in [0.2, 0.25) is 6.04 Å². The van der Waals surface area contributed by atoms with Gasteiger partial charge in [0.2, 0.25) is 0 Å². The minimum Gasteiger partial charge on any atom is -0.340 e. The molecule has 0 bridgehead atoms. The Kier molecular flexibility index (Phi) is 6.50. The van der Waals surface area contributed by atoms with E-state index in [-0.39, 0.29) is 0 Å². The summed E-state index contributed by atoms with van der Waals surface area (Å²) in [6, 6.07) is 41.3. The number of unbranched alkanes of at least 4 members (excludes halogenated alkanes) is 3. The lowest BCUT2D eigenvalue weighted by molar-refractivity contribution is 0.601. The summed E-state index contributed by atoms with van der Waals surface area (Å²) in [6.07, 6.45) is 5.15. The van der Waals surface area contributed by atoms with Crippen molar-refractivity contribution in [2.45, 2.75) is 38.3 Å². The van der Waals surface area contributed by atoms with Crippen LogP contribution in [0.15, 0.2) is 109 Å². The molecule has 1 radical (unpaired) electrons. The molecule has 0 fully saturated rings. The van der Waals surface area contributed by atoms with Crippen molar-refractivity contribution in [1.29, 1.82) is 0 Å². The zero-order valence-corrected chi connectivity index (χ0v) is 19.6. The van der Waals surface area contributed by atoms with Gasteiger partial charge in [0.15, 0.2) is 0 Å². The molecule has 5 rings (SSSR count). The van der Waals surface area contributed by atoms with E-state index < -0.39 is 8.80 Å². The maximum Gasteiger partial charge on any atom is 0.121 e. The Morgan fingerprint density at radius 1 is 0.469 bits per heavy atom. The second kappa shape index (κ2) is 10.0. The molecule has 4 aromatic carbocycles. The normalized spacial score (nSPS) is 11.5. The van der Waals surface area contributed by atoms with Crippen molar-refractivity contribution in [2.75, 3.05) is 0 Å². The number of nitrogens with zero attached hydrogens (tertiary/aromatic N) is 1. The molecule has 1 nitrogen and oxygen atoms in total.